The van der Waals surface area contributed by atoms with Crippen molar-refractivity contribution in [3.8, 4) is 0 Å². The third-order valence-electron chi connectivity index (χ3n) is 10.0. The lowest BCUT2D eigenvalue weighted by atomic mass is 9.41. The van der Waals surface area contributed by atoms with Crippen molar-refractivity contribution in [3.05, 3.63) is 12.2 Å². The first-order valence-corrected chi connectivity index (χ1v) is 9.49. The summed E-state index contributed by atoms with van der Waals surface area (Å²) >= 11 is 0. The van der Waals surface area contributed by atoms with Gasteiger partial charge >= 0.3 is 0 Å². The van der Waals surface area contributed by atoms with E-state index >= 15 is 0 Å². The highest BCUT2D eigenvalue weighted by atomic mass is 16.1. The molecule has 116 valence electrons. The molecule has 2 heteroatoms. The molecule has 2 nitrogen and oxygen atoms in total. The number of Topliss-reactive ketones (excluding diaryl/α,β-unsaturated/α-hetero) is 1. The van der Waals surface area contributed by atoms with Gasteiger partial charge in [-0.25, -0.2) is 0 Å². The molecule has 3 unspecified atom stereocenters. The van der Waals surface area contributed by atoms with Crippen LogP contribution in [-0.4, -0.2) is 29.3 Å². The zero-order valence-corrected chi connectivity index (χ0v) is 13.5. The van der Waals surface area contributed by atoms with Gasteiger partial charge in [0.1, 0.15) is 5.78 Å². The van der Waals surface area contributed by atoms with Crippen molar-refractivity contribution in [2.75, 3.05) is 6.54 Å². The van der Waals surface area contributed by atoms with Gasteiger partial charge in [-0.3, -0.25) is 9.69 Å². The van der Waals surface area contributed by atoms with Gasteiger partial charge in [0, 0.05) is 25.0 Å². The van der Waals surface area contributed by atoms with Crippen LogP contribution in [0, 0.1) is 39.9 Å². The molecule has 0 N–H and O–H groups in total. The Morgan fingerprint density at radius 3 is 3.05 bits per heavy atom. The number of rotatable bonds is 0. The van der Waals surface area contributed by atoms with E-state index in [1.54, 1.807) is 5.57 Å². The van der Waals surface area contributed by atoms with Gasteiger partial charge in [0.15, 0.2) is 0 Å². The maximum atomic E-state index is 13.4. The number of piperidine rings is 2. The molecule has 0 aromatic carbocycles. The van der Waals surface area contributed by atoms with E-state index in [1.807, 2.05) is 0 Å². The van der Waals surface area contributed by atoms with Crippen LogP contribution in [0.3, 0.4) is 0 Å². The maximum absolute atomic E-state index is 13.4. The first-order chi connectivity index (χ1) is 10.5. The van der Waals surface area contributed by atoms with Crippen LogP contribution in [0.2, 0.25) is 0 Å². The van der Waals surface area contributed by atoms with Crippen molar-refractivity contribution < 1.29 is 4.79 Å². The van der Waals surface area contributed by atoms with Crippen LogP contribution in [0.15, 0.2) is 12.2 Å². The molecule has 9 rings (SSSR count). The molecule has 9 bridgehead atoms. The van der Waals surface area contributed by atoms with Crippen LogP contribution in [0.1, 0.15) is 45.4 Å². The molecular formula is C20H25NO. The van der Waals surface area contributed by atoms with Crippen LogP contribution in [0.25, 0.3) is 0 Å². The van der Waals surface area contributed by atoms with Crippen LogP contribution >= 0.6 is 0 Å². The smallest absolute Gasteiger partial charge is 0.141 e. The summed E-state index contributed by atoms with van der Waals surface area (Å²) in [6, 6.07) is 1.38. The van der Waals surface area contributed by atoms with Gasteiger partial charge in [-0.2, -0.15) is 0 Å². The topological polar surface area (TPSA) is 20.3 Å². The molecule has 3 heterocycles. The van der Waals surface area contributed by atoms with E-state index < -0.39 is 0 Å². The molecule has 9 fully saturated rings. The quantitative estimate of drug-likeness (QED) is 0.640. The number of allylic oxidation sites excluding steroid dienone is 1. The highest BCUT2D eigenvalue weighted by Gasteiger charge is 2.88. The Balaban J connectivity index is 1.55. The predicted octanol–water partition coefficient (Wildman–Crippen LogP) is 3.03. The minimum Gasteiger partial charge on any atom is -0.299 e. The second-order valence-corrected chi connectivity index (χ2v) is 10.3. The molecule has 0 radical (unpaired) electrons. The van der Waals surface area contributed by atoms with E-state index in [9.17, 15) is 4.79 Å². The van der Waals surface area contributed by atoms with Crippen molar-refractivity contribution in [3.63, 3.8) is 0 Å². The first-order valence-electron chi connectivity index (χ1n) is 9.49. The van der Waals surface area contributed by atoms with Crippen LogP contribution in [-0.2, 0) is 4.79 Å². The summed E-state index contributed by atoms with van der Waals surface area (Å²) in [5, 5.41) is 0. The van der Waals surface area contributed by atoms with Crippen molar-refractivity contribution >= 4 is 5.78 Å². The molecule has 3 aliphatic heterocycles. The molecule has 6 aliphatic carbocycles. The molecule has 2 spiro atoms. The normalized spacial score (nSPS) is 71.8. The number of nitrogens with zero attached hydrogens (tertiary/aromatic N) is 1. The average Bonchev–Trinajstić information content (AvgIpc) is 2.89. The summed E-state index contributed by atoms with van der Waals surface area (Å²) < 4.78 is 0. The first kappa shape index (κ1) is 11.8. The van der Waals surface area contributed by atoms with Crippen molar-refractivity contribution in [2.24, 2.45) is 39.9 Å². The molecule has 3 saturated heterocycles. The number of carbonyl (C=O) groups excluding carboxylic acids is 1. The van der Waals surface area contributed by atoms with Crippen molar-refractivity contribution in [1.29, 1.82) is 0 Å². The van der Waals surface area contributed by atoms with Crippen molar-refractivity contribution in [1.82, 2.24) is 4.90 Å². The number of hydrogen-bond donors (Lipinski definition) is 0. The fourth-order valence-electron chi connectivity index (χ4n) is 9.99. The third kappa shape index (κ3) is 0.800. The summed E-state index contributed by atoms with van der Waals surface area (Å²) in [7, 11) is 0. The summed E-state index contributed by atoms with van der Waals surface area (Å²) in [5.41, 5.74) is 2.57. The van der Waals surface area contributed by atoms with Gasteiger partial charge in [-0.1, -0.05) is 19.1 Å². The van der Waals surface area contributed by atoms with Crippen LogP contribution in [0.4, 0.5) is 0 Å². The maximum Gasteiger partial charge on any atom is 0.141 e. The zero-order valence-electron chi connectivity index (χ0n) is 13.5. The van der Waals surface area contributed by atoms with E-state index in [0.29, 0.717) is 28.6 Å². The molecule has 0 amide bonds. The van der Waals surface area contributed by atoms with E-state index in [-0.39, 0.29) is 5.41 Å². The number of ketones is 1. The lowest BCUT2D eigenvalue weighted by molar-refractivity contribution is -0.158. The summed E-state index contributed by atoms with van der Waals surface area (Å²) in [6.07, 6.45) is 7.39. The predicted molar refractivity (Wildman–Crippen MR) is 83.1 cm³/mol. The molecule has 6 saturated carbocycles. The second-order valence-electron chi connectivity index (χ2n) is 10.3. The van der Waals surface area contributed by atoms with E-state index in [4.69, 9.17) is 0 Å². The SMILES string of the molecule is C=C1C[C@]23C[C@@H]4[C@@H]5C6(C)CCC(=O)C57[C@@H]([C@H]2C[C@H]1C[C@@H]73)N4C6. The minimum absolute atomic E-state index is 0.0916. The largest absolute Gasteiger partial charge is 0.299 e. The monoisotopic (exact) mass is 295 g/mol. The molecule has 9 aliphatic rings. The highest BCUT2D eigenvalue weighted by molar-refractivity contribution is 5.90. The Bertz CT molecular complexity index is 683. The van der Waals surface area contributed by atoms with E-state index in [1.165, 1.54) is 38.6 Å². The van der Waals surface area contributed by atoms with Gasteiger partial charge < -0.3 is 0 Å². The summed E-state index contributed by atoms with van der Waals surface area (Å²) in [5.74, 6) is 3.69. The molecule has 22 heavy (non-hydrogen) atoms. The fraction of sp³-hybridized carbons (Fsp3) is 0.850. The Morgan fingerprint density at radius 2 is 2.18 bits per heavy atom. The van der Waals surface area contributed by atoms with Gasteiger partial charge in [0.25, 0.3) is 0 Å². The number of fused-ring (bicyclic) bond motifs is 1. The third-order valence-corrected chi connectivity index (χ3v) is 10.0. The molecular weight excluding hydrogens is 270 g/mol. The van der Waals surface area contributed by atoms with Crippen LogP contribution in [0.5, 0.6) is 0 Å². The lowest BCUT2D eigenvalue weighted by Gasteiger charge is -2.62. The average molecular weight is 295 g/mol. The van der Waals surface area contributed by atoms with Gasteiger partial charge in [-0.05, 0) is 66.6 Å². The lowest BCUT2D eigenvalue weighted by Crippen LogP contribution is -2.61. The highest BCUT2D eigenvalue weighted by Crippen LogP contribution is 2.86. The van der Waals surface area contributed by atoms with Gasteiger partial charge in [0.2, 0.25) is 0 Å². The second kappa shape index (κ2) is 2.90. The van der Waals surface area contributed by atoms with Gasteiger partial charge in [-0.15, -0.1) is 0 Å². The number of carbonyl (C=O) groups is 1. The summed E-state index contributed by atoms with van der Waals surface area (Å²) in [4.78, 5) is 16.3. The Hall–Kier alpha value is -0.630. The minimum atomic E-state index is 0.0916. The Kier molecular flexibility index (Phi) is 1.56. The van der Waals surface area contributed by atoms with Crippen molar-refractivity contribution in [2.45, 2.75) is 57.5 Å². The van der Waals surface area contributed by atoms with Gasteiger partial charge in [0.05, 0.1) is 5.41 Å². The van der Waals surface area contributed by atoms with E-state index in [2.05, 4.69) is 18.4 Å². The summed E-state index contributed by atoms with van der Waals surface area (Å²) in [6.45, 7) is 8.26. The van der Waals surface area contributed by atoms with Crippen LogP contribution < -0.4 is 0 Å². The molecule has 0 aromatic rings. The fourth-order valence-corrected chi connectivity index (χ4v) is 9.99. The Morgan fingerprint density at radius 1 is 1.32 bits per heavy atom. The Labute approximate surface area is 132 Å². The standard InChI is InChI=1S/C20H25NO/c1-10-7-19-8-13-16-18(2)4-3-15(22)20(16)14(19)6-11(10)5-12(19)17(20)21(13)9-18/h11-14,16-17H,1,3-9H2,2H3/t11-,12+,13+,14+,16+,17+,18?,19-,20?/m0/s1. The molecule has 10 atom stereocenters. The number of hydrogen-bond acceptors (Lipinski definition) is 2. The zero-order chi connectivity index (χ0) is 14.6. The van der Waals surface area contributed by atoms with E-state index in [0.717, 1.165) is 30.2 Å². The molecule has 0 aromatic heterocycles.